The molecule has 1 saturated heterocycles. The number of nitrogens with zero attached hydrogens (tertiary/aromatic N) is 2. The van der Waals surface area contributed by atoms with Gasteiger partial charge in [-0.1, -0.05) is 29.8 Å². The van der Waals surface area contributed by atoms with Crippen LogP contribution in [0, 0.1) is 19.8 Å². The first kappa shape index (κ1) is 21.7. The Balaban J connectivity index is 1.67. The Kier molecular flexibility index (Phi) is 6.49. The van der Waals surface area contributed by atoms with Gasteiger partial charge < -0.3 is 14.2 Å². The van der Waals surface area contributed by atoms with Crippen molar-refractivity contribution in [2.24, 2.45) is 5.92 Å². The van der Waals surface area contributed by atoms with E-state index in [1.165, 1.54) is 35.2 Å². The molecular weight excluding hydrogens is 388 g/mol. The van der Waals surface area contributed by atoms with Gasteiger partial charge in [-0.2, -0.15) is 0 Å². The van der Waals surface area contributed by atoms with Gasteiger partial charge in [0.05, 0.1) is 12.5 Å². The Morgan fingerprint density at radius 1 is 1.13 bits per heavy atom. The molecule has 0 radical (unpaired) electrons. The number of piperidine rings is 1. The van der Waals surface area contributed by atoms with Gasteiger partial charge in [0, 0.05) is 25.3 Å². The second kappa shape index (κ2) is 9.29. The zero-order valence-corrected chi connectivity index (χ0v) is 19.1. The Bertz CT molecular complexity index is 975. The molecule has 5 nitrogen and oxygen atoms in total. The predicted octanol–water partition coefficient (Wildman–Crippen LogP) is 4.45. The van der Waals surface area contributed by atoms with Crippen molar-refractivity contribution >= 4 is 11.9 Å². The van der Waals surface area contributed by atoms with Crippen LogP contribution in [0.1, 0.15) is 71.0 Å². The number of hydrogen-bond acceptors (Lipinski definition) is 3. The molecule has 4 rings (SSSR count). The quantitative estimate of drug-likeness (QED) is 0.669. The van der Waals surface area contributed by atoms with Crippen molar-refractivity contribution in [3.05, 3.63) is 57.9 Å². The summed E-state index contributed by atoms with van der Waals surface area (Å²) in [4.78, 5) is 28.0. The van der Waals surface area contributed by atoms with Crippen LogP contribution < -0.4 is 0 Å². The Labute approximate surface area is 185 Å². The van der Waals surface area contributed by atoms with Gasteiger partial charge >= 0.3 is 5.97 Å². The fourth-order valence-electron chi connectivity index (χ4n) is 5.28. The lowest BCUT2D eigenvalue weighted by Gasteiger charge is -2.32. The molecule has 1 aromatic carbocycles. The Morgan fingerprint density at radius 2 is 1.94 bits per heavy atom. The number of likely N-dealkylation sites (tertiary alicyclic amines) is 1. The first-order valence-corrected chi connectivity index (χ1v) is 11.7. The number of aryl methyl sites for hydroxylation is 1. The minimum absolute atomic E-state index is 0.0635. The van der Waals surface area contributed by atoms with E-state index >= 15 is 0 Å². The van der Waals surface area contributed by atoms with Crippen molar-refractivity contribution in [1.29, 1.82) is 0 Å². The van der Waals surface area contributed by atoms with Crippen LogP contribution in [0.25, 0.3) is 0 Å². The summed E-state index contributed by atoms with van der Waals surface area (Å²) in [5, 5.41) is 0. The summed E-state index contributed by atoms with van der Waals surface area (Å²) < 4.78 is 7.51. The van der Waals surface area contributed by atoms with Gasteiger partial charge in [-0.05, 0) is 76.0 Å². The molecule has 166 valence electrons. The highest BCUT2D eigenvalue weighted by atomic mass is 16.5. The van der Waals surface area contributed by atoms with Crippen LogP contribution in [-0.4, -0.2) is 41.0 Å². The first-order valence-electron chi connectivity index (χ1n) is 11.7. The van der Waals surface area contributed by atoms with E-state index in [1.54, 1.807) is 0 Å². The lowest BCUT2D eigenvalue weighted by Crippen LogP contribution is -2.43. The minimum atomic E-state index is -0.215. The fourth-order valence-corrected chi connectivity index (χ4v) is 5.28. The summed E-state index contributed by atoms with van der Waals surface area (Å²) in [7, 11) is 0. The van der Waals surface area contributed by atoms with Gasteiger partial charge in [0.1, 0.15) is 5.69 Å². The fraction of sp³-hybridized carbons (Fsp3) is 0.538. The third-order valence-corrected chi connectivity index (χ3v) is 6.80. The highest BCUT2D eigenvalue weighted by Gasteiger charge is 2.33. The number of rotatable bonds is 5. The average Bonchev–Trinajstić information content (AvgIpc) is 3.05. The van der Waals surface area contributed by atoms with E-state index in [0.717, 1.165) is 36.9 Å². The van der Waals surface area contributed by atoms with E-state index in [4.69, 9.17) is 4.74 Å². The highest BCUT2D eigenvalue weighted by molar-refractivity contribution is 5.95. The maximum absolute atomic E-state index is 13.8. The summed E-state index contributed by atoms with van der Waals surface area (Å²) in [6.07, 6.45) is 6.07. The van der Waals surface area contributed by atoms with Crippen LogP contribution in [0.15, 0.2) is 24.3 Å². The zero-order chi connectivity index (χ0) is 22.0. The normalized spacial score (nSPS) is 18.5. The molecule has 1 aliphatic carbocycles. The molecule has 0 bridgehead atoms. The lowest BCUT2D eigenvalue weighted by molar-refractivity contribution is -0.149. The van der Waals surface area contributed by atoms with E-state index in [0.29, 0.717) is 26.2 Å². The van der Waals surface area contributed by atoms with Gasteiger partial charge in [-0.15, -0.1) is 0 Å². The molecule has 1 fully saturated rings. The van der Waals surface area contributed by atoms with Crippen LogP contribution in [0.5, 0.6) is 0 Å². The van der Waals surface area contributed by atoms with Crippen molar-refractivity contribution in [3.63, 3.8) is 0 Å². The molecular formula is C26H34N2O3. The topological polar surface area (TPSA) is 51.5 Å². The van der Waals surface area contributed by atoms with E-state index in [9.17, 15) is 9.59 Å². The molecule has 1 amide bonds. The number of carbonyl (C=O) groups excluding carboxylic acids is 2. The smallest absolute Gasteiger partial charge is 0.310 e. The summed E-state index contributed by atoms with van der Waals surface area (Å²) in [6.45, 7) is 8.30. The van der Waals surface area contributed by atoms with Crippen LogP contribution >= 0.6 is 0 Å². The number of benzene rings is 1. The number of hydrogen-bond donors (Lipinski definition) is 0. The molecule has 0 saturated carbocycles. The second-order valence-corrected chi connectivity index (χ2v) is 9.02. The molecule has 31 heavy (non-hydrogen) atoms. The van der Waals surface area contributed by atoms with E-state index < -0.39 is 0 Å². The van der Waals surface area contributed by atoms with Crippen LogP contribution in [-0.2, 0) is 28.9 Å². The molecule has 0 spiro atoms. The SMILES string of the molecule is CCOC(=O)[C@H]1CCCN(C(=O)c2c(C)c3c(n2Cc2cccc(C)c2)CCCC3)C1. The third-order valence-electron chi connectivity index (χ3n) is 6.80. The largest absolute Gasteiger partial charge is 0.466 e. The number of ether oxygens (including phenoxy) is 1. The molecule has 2 heterocycles. The maximum Gasteiger partial charge on any atom is 0.310 e. The molecule has 2 aliphatic rings. The van der Waals surface area contributed by atoms with Gasteiger partial charge in [-0.3, -0.25) is 9.59 Å². The van der Waals surface area contributed by atoms with E-state index in [-0.39, 0.29) is 17.8 Å². The summed E-state index contributed by atoms with van der Waals surface area (Å²) in [6, 6.07) is 8.54. The van der Waals surface area contributed by atoms with E-state index in [2.05, 4.69) is 42.7 Å². The molecule has 1 aliphatic heterocycles. The zero-order valence-electron chi connectivity index (χ0n) is 19.1. The Hall–Kier alpha value is -2.56. The number of carbonyl (C=O) groups is 2. The van der Waals surface area contributed by atoms with Crippen LogP contribution in [0.4, 0.5) is 0 Å². The molecule has 5 heteroatoms. The van der Waals surface area contributed by atoms with Gasteiger partial charge in [0.2, 0.25) is 0 Å². The molecule has 0 unspecified atom stereocenters. The first-order chi connectivity index (χ1) is 15.0. The average molecular weight is 423 g/mol. The van der Waals surface area contributed by atoms with Gasteiger partial charge in [0.15, 0.2) is 0 Å². The Morgan fingerprint density at radius 3 is 2.71 bits per heavy atom. The number of esters is 1. The summed E-state index contributed by atoms with van der Waals surface area (Å²) in [5.41, 5.74) is 7.09. The number of aromatic nitrogens is 1. The van der Waals surface area contributed by atoms with Crippen molar-refractivity contribution in [3.8, 4) is 0 Å². The maximum atomic E-state index is 13.8. The molecule has 0 N–H and O–H groups in total. The van der Waals surface area contributed by atoms with Crippen molar-refractivity contribution in [1.82, 2.24) is 9.47 Å². The van der Waals surface area contributed by atoms with Crippen LogP contribution in [0.3, 0.4) is 0 Å². The highest BCUT2D eigenvalue weighted by Crippen LogP contribution is 2.32. The number of amides is 1. The van der Waals surface area contributed by atoms with Crippen molar-refractivity contribution in [2.45, 2.75) is 65.8 Å². The standard InChI is InChI=1S/C26H34N2O3/c1-4-31-26(30)21-11-8-14-27(17-21)25(29)24-19(3)22-12-5-6-13-23(22)28(24)16-20-10-7-9-18(2)15-20/h7,9-10,15,21H,4-6,8,11-14,16-17H2,1-3H3/t21-/m0/s1. The summed E-state index contributed by atoms with van der Waals surface area (Å²) >= 11 is 0. The predicted molar refractivity (Wildman–Crippen MR) is 121 cm³/mol. The molecule has 1 atom stereocenters. The molecule has 2 aromatic rings. The third kappa shape index (κ3) is 4.41. The molecule has 1 aromatic heterocycles. The van der Waals surface area contributed by atoms with Gasteiger partial charge in [-0.25, -0.2) is 0 Å². The van der Waals surface area contributed by atoms with Gasteiger partial charge in [0.25, 0.3) is 5.91 Å². The lowest BCUT2D eigenvalue weighted by atomic mass is 9.94. The van der Waals surface area contributed by atoms with Crippen LogP contribution in [0.2, 0.25) is 0 Å². The minimum Gasteiger partial charge on any atom is -0.466 e. The monoisotopic (exact) mass is 422 g/mol. The van der Waals surface area contributed by atoms with E-state index in [1.807, 2.05) is 11.8 Å². The van der Waals surface area contributed by atoms with Crippen molar-refractivity contribution < 1.29 is 14.3 Å². The van der Waals surface area contributed by atoms with Crippen molar-refractivity contribution in [2.75, 3.05) is 19.7 Å². The second-order valence-electron chi connectivity index (χ2n) is 9.02. The number of fused-ring (bicyclic) bond motifs is 1. The summed E-state index contributed by atoms with van der Waals surface area (Å²) in [5.74, 6) is -0.326.